The van der Waals surface area contributed by atoms with Crippen LogP contribution in [0.4, 0.5) is 0 Å². The van der Waals surface area contributed by atoms with Crippen molar-refractivity contribution in [3.8, 4) is 11.8 Å². The summed E-state index contributed by atoms with van der Waals surface area (Å²) in [5.74, 6) is 0.188. The second-order valence-corrected chi connectivity index (χ2v) is 4.82. The summed E-state index contributed by atoms with van der Waals surface area (Å²) in [7, 11) is 0. The molecular weight excluding hydrogens is 214 g/mol. The van der Waals surface area contributed by atoms with Crippen LogP contribution in [0.15, 0.2) is 24.3 Å². The molecule has 0 bridgehead atoms. The second-order valence-electron chi connectivity index (χ2n) is 4.82. The molecule has 2 rings (SSSR count). The smallest absolute Gasteiger partial charge is 0.189 e. The molecule has 5 nitrogen and oxygen atoms in total. The molecule has 0 N–H and O–H groups in total. The first-order valence-electron chi connectivity index (χ1n) is 5.32. The minimum Gasteiger partial charge on any atom is -0.189 e. The molecule has 0 fully saturated rings. The Morgan fingerprint density at radius 1 is 1.18 bits per heavy atom. The minimum atomic E-state index is 0.108. The molecule has 0 aliphatic rings. The van der Waals surface area contributed by atoms with Crippen LogP contribution in [-0.2, 0) is 5.41 Å². The zero-order chi connectivity index (χ0) is 12.5. The van der Waals surface area contributed by atoms with Crippen LogP contribution in [0.5, 0.6) is 0 Å². The summed E-state index contributed by atoms with van der Waals surface area (Å²) in [5.41, 5.74) is 2.13. The third-order valence-electron chi connectivity index (χ3n) is 2.55. The molecule has 0 saturated heterocycles. The summed E-state index contributed by atoms with van der Waals surface area (Å²) in [6.45, 7) is 6.46. The van der Waals surface area contributed by atoms with Crippen LogP contribution in [-0.4, -0.2) is 20.2 Å². The van der Waals surface area contributed by atoms with Crippen LogP contribution in [0.1, 0.15) is 32.2 Å². The molecule has 5 heteroatoms. The van der Waals surface area contributed by atoms with Gasteiger partial charge in [-0.2, -0.15) is 9.94 Å². The Hall–Kier alpha value is -2.22. The zero-order valence-electron chi connectivity index (χ0n) is 10.0. The molecule has 0 aliphatic carbocycles. The fourth-order valence-corrected chi connectivity index (χ4v) is 1.53. The fourth-order valence-electron chi connectivity index (χ4n) is 1.53. The highest BCUT2D eigenvalue weighted by Gasteiger charge is 2.14. The van der Waals surface area contributed by atoms with Gasteiger partial charge < -0.3 is 0 Å². The van der Waals surface area contributed by atoms with Crippen molar-refractivity contribution < 1.29 is 0 Å². The molecule has 0 aliphatic heterocycles. The van der Waals surface area contributed by atoms with E-state index in [-0.39, 0.29) is 11.2 Å². The Balaban J connectivity index is 2.40. The highest BCUT2D eigenvalue weighted by molar-refractivity contribution is 5.37. The SMILES string of the molecule is CC(C)(C)c1ccc(-n2nnnc2C#N)cc1. The van der Waals surface area contributed by atoms with Crippen molar-refractivity contribution in [3.63, 3.8) is 0 Å². The number of hydrogen-bond acceptors (Lipinski definition) is 4. The van der Waals surface area contributed by atoms with Gasteiger partial charge in [-0.15, -0.1) is 0 Å². The summed E-state index contributed by atoms with van der Waals surface area (Å²) >= 11 is 0. The standard InChI is InChI=1S/C12H13N5/c1-12(2,3)9-4-6-10(7-5-9)17-11(8-13)14-15-16-17/h4-7H,1-3H3. The van der Waals surface area contributed by atoms with Crippen LogP contribution in [0.2, 0.25) is 0 Å². The van der Waals surface area contributed by atoms with Crippen molar-refractivity contribution in [2.45, 2.75) is 26.2 Å². The van der Waals surface area contributed by atoms with Crippen LogP contribution in [0.25, 0.3) is 5.69 Å². The summed E-state index contributed by atoms with van der Waals surface area (Å²) in [5, 5.41) is 19.7. The van der Waals surface area contributed by atoms with Gasteiger partial charge in [-0.05, 0) is 33.5 Å². The first-order valence-corrected chi connectivity index (χ1v) is 5.32. The lowest BCUT2D eigenvalue weighted by Crippen LogP contribution is -2.11. The summed E-state index contributed by atoms with van der Waals surface area (Å²) in [6.07, 6.45) is 0. The second kappa shape index (κ2) is 3.98. The van der Waals surface area contributed by atoms with E-state index < -0.39 is 0 Å². The van der Waals surface area contributed by atoms with Gasteiger partial charge in [0.2, 0.25) is 0 Å². The Morgan fingerprint density at radius 2 is 1.82 bits per heavy atom. The molecule has 2 aromatic rings. The normalized spacial score (nSPS) is 11.2. The zero-order valence-corrected chi connectivity index (χ0v) is 10.0. The van der Waals surface area contributed by atoms with Gasteiger partial charge >= 0.3 is 0 Å². The van der Waals surface area contributed by atoms with E-state index in [1.807, 2.05) is 30.3 Å². The third kappa shape index (κ3) is 2.16. The van der Waals surface area contributed by atoms with E-state index in [1.165, 1.54) is 10.2 Å². The fraction of sp³-hybridized carbons (Fsp3) is 0.333. The lowest BCUT2D eigenvalue weighted by molar-refractivity contribution is 0.590. The van der Waals surface area contributed by atoms with E-state index >= 15 is 0 Å². The van der Waals surface area contributed by atoms with Gasteiger partial charge in [-0.25, -0.2) is 0 Å². The summed E-state index contributed by atoms with van der Waals surface area (Å²) < 4.78 is 1.42. The Bertz CT molecular complexity index is 554. The molecule has 17 heavy (non-hydrogen) atoms. The van der Waals surface area contributed by atoms with Crippen LogP contribution in [0.3, 0.4) is 0 Å². The van der Waals surface area contributed by atoms with Gasteiger partial charge in [-0.1, -0.05) is 38.0 Å². The minimum absolute atomic E-state index is 0.108. The summed E-state index contributed by atoms with van der Waals surface area (Å²) in [6, 6.07) is 9.83. The van der Waals surface area contributed by atoms with E-state index in [0.29, 0.717) is 0 Å². The monoisotopic (exact) mass is 227 g/mol. The average Bonchev–Trinajstić information content (AvgIpc) is 2.76. The molecule has 0 saturated carbocycles. The van der Waals surface area contributed by atoms with Gasteiger partial charge in [0.1, 0.15) is 6.07 Å². The molecule has 0 radical (unpaired) electrons. The number of nitrogens with zero attached hydrogens (tertiary/aromatic N) is 5. The molecule has 0 unspecified atom stereocenters. The van der Waals surface area contributed by atoms with Crippen molar-refractivity contribution in [3.05, 3.63) is 35.7 Å². The van der Waals surface area contributed by atoms with Crippen molar-refractivity contribution in [2.75, 3.05) is 0 Å². The first-order chi connectivity index (χ1) is 8.02. The lowest BCUT2D eigenvalue weighted by Gasteiger charge is -2.18. The average molecular weight is 227 g/mol. The van der Waals surface area contributed by atoms with Crippen molar-refractivity contribution >= 4 is 0 Å². The largest absolute Gasteiger partial charge is 0.257 e. The lowest BCUT2D eigenvalue weighted by atomic mass is 9.87. The molecule has 1 aromatic carbocycles. The van der Waals surface area contributed by atoms with Crippen LogP contribution < -0.4 is 0 Å². The van der Waals surface area contributed by atoms with Crippen LogP contribution in [0, 0.1) is 11.3 Å². The van der Waals surface area contributed by atoms with Crippen molar-refractivity contribution in [1.82, 2.24) is 20.2 Å². The van der Waals surface area contributed by atoms with E-state index in [9.17, 15) is 0 Å². The summed E-state index contributed by atoms with van der Waals surface area (Å²) in [4.78, 5) is 0. The predicted octanol–water partition coefficient (Wildman–Crippen LogP) is 1.83. The maximum atomic E-state index is 8.84. The maximum absolute atomic E-state index is 8.84. The third-order valence-corrected chi connectivity index (χ3v) is 2.55. The Kier molecular flexibility index (Phi) is 2.64. The topological polar surface area (TPSA) is 67.4 Å². The molecule has 1 aromatic heterocycles. The quantitative estimate of drug-likeness (QED) is 0.745. The van der Waals surface area contributed by atoms with Gasteiger partial charge in [0.15, 0.2) is 0 Å². The number of rotatable bonds is 1. The van der Waals surface area contributed by atoms with Gasteiger partial charge in [-0.3, -0.25) is 0 Å². The Morgan fingerprint density at radius 3 is 2.35 bits per heavy atom. The molecule has 86 valence electrons. The van der Waals surface area contributed by atoms with Gasteiger partial charge in [0.05, 0.1) is 5.69 Å². The first kappa shape index (κ1) is 11.3. The number of nitriles is 1. The van der Waals surface area contributed by atoms with Gasteiger partial charge in [0.25, 0.3) is 5.82 Å². The number of aromatic nitrogens is 4. The number of hydrogen-bond donors (Lipinski definition) is 0. The Labute approximate surface area is 99.7 Å². The highest BCUT2D eigenvalue weighted by Crippen LogP contribution is 2.23. The van der Waals surface area contributed by atoms with E-state index in [2.05, 4.69) is 36.3 Å². The molecule has 0 amide bonds. The molecule has 1 heterocycles. The van der Waals surface area contributed by atoms with Crippen LogP contribution >= 0.6 is 0 Å². The van der Waals surface area contributed by atoms with E-state index in [0.717, 1.165) is 5.69 Å². The predicted molar refractivity (Wildman–Crippen MR) is 62.6 cm³/mol. The van der Waals surface area contributed by atoms with E-state index in [4.69, 9.17) is 5.26 Å². The van der Waals surface area contributed by atoms with E-state index in [1.54, 1.807) is 0 Å². The van der Waals surface area contributed by atoms with Gasteiger partial charge in [0, 0.05) is 0 Å². The number of benzene rings is 1. The maximum Gasteiger partial charge on any atom is 0.257 e. The number of tetrazole rings is 1. The molecular formula is C12H13N5. The highest BCUT2D eigenvalue weighted by atomic mass is 15.5. The molecule has 0 atom stereocenters. The van der Waals surface area contributed by atoms with Crippen molar-refractivity contribution in [1.29, 1.82) is 5.26 Å². The van der Waals surface area contributed by atoms with Crippen molar-refractivity contribution in [2.24, 2.45) is 0 Å². The molecule has 0 spiro atoms.